The Kier molecular flexibility index (Phi) is 13.3. The topological polar surface area (TPSA) is 383 Å². The number of aliphatic hydroxyl groups is 3. The third-order valence-electron chi connectivity index (χ3n) is 8.04. The molecule has 10 atom stereocenters. The first kappa shape index (κ1) is 42.2. The molecule has 2 unspecified atom stereocenters. The molecule has 3 aromatic heterocycles. The van der Waals surface area contributed by atoms with Crippen LogP contribution < -0.4 is 20.1 Å². The largest absolute Gasteiger partial charge is 0.606 e. The number of nitrogen functional groups attached to an aromatic ring is 1. The van der Waals surface area contributed by atoms with Crippen LogP contribution in [0.2, 0.25) is 0 Å². The smallest absolute Gasteiger partial charge is 0.510 e. The molecule has 3 aromatic rings. The molecule has 5 rings (SSSR count). The fourth-order valence-corrected chi connectivity index (χ4v) is 8.14. The van der Waals surface area contributed by atoms with Crippen molar-refractivity contribution >= 4 is 46.9 Å². The van der Waals surface area contributed by atoms with Gasteiger partial charge in [0.15, 0.2) is 48.1 Å². The van der Waals surface area contributed by atoms with E-state index < -0.39 is 86.5 Å². The standard InChI is InChI=1S/C25H35N8O18P3/c1-31(30-38)6-3-5-14(34)13-4-2-7-32(8-13)24-20(37)18(35)15(48-24)9-46-53(42,43)51-54(44,45)47-10-16-19(36)21(50-52(39,40)41)25(49-16)33-12-29-17-22(26)27-11-28-23(17)33/h2,4,7-8,11-12,15-16,18-21,24-25,35-37H,3,5-6,9-10H2,1H3,(H5-,26,27,28,39,40,41,42,43,44,45)/p+1/t15-,16-,18-,19-,20-,21-,24-,25-/m1/s1. The summed E-state index contributed by atoms with van der Waals surface area (Å²) in [5, 5.41) is 35.8. The third kappa shape index (κ3) is 10.3. The zero-order chi connectivity index (χ0) is 39.6. The van der Waals surface area contributed by atoms with Gasteiger partial charge >= 0.3 is 24.2 Å². The van der Waals surface area contributed by atoms with Crippen molar-refractivity contribution in [1.29, 1.82) is 0 Å². The average molecular weight is 830 g/mol. The molecule has 2 saturated heterocycles. The maximum atomic E-state index is 12.7. The number of hydrogen-bond acceptors (Lipinski definition) is 22. The molecule has 0 radical (unpaired) electrons. The highest BCUT2D eigenvalue weighted by molar-refractivity contribution is 7.64. The minimum Gasteiger partial charge on any atom is -0.606 e. The molecule has 0 aromatic carbocycles. The predicted octanol–water partition coefficient (Wildman–Crippen LogP) is -3.56. The number of fused-ring (bicyclic) bond motifs is 1. The molecule has 5 heterocycles. The molecule has 298 valence electrons. The highest BCUT2D eigenvalue weighted by atomic mass is 31.3. The van der Waals surface area contributed by atoms with Crippen molar-refractivity contribution in [3.63, 3.8) is 0 Å². The van der Waals surface area contributed by atoms with Gasteiger partial charge in [0, 0.05) is 26.1 Å². The van der Waals surface area contributed by atoms with Crippen LogP contribution in [-0.2, 0) is 31.9 Å². The number of aliphatic hydroxyl groups excluding tert-OH is 3. The summed E-state index contributed by atoms with van der Waals surface area (Å²) in [5.74, 6) is -0.367. The van der Waals surface area contributed by atoms with Crippen LogP contribution in [0.1, 0.15) is 35.7 Å². The summed E-state index contributed by atoms with van der Waals surface area (Å²) in [6.45, 7) is -1.81. The lowest BCUT2D eigenvalue weighted by molar-refractivity contribution is -0.765. The summed E-state index contributed by atoms with van der Waals surface area (Å²) >= 11 is 0. The number of nitrogens with zero attached hydrogens (tertiary/aromatic N) is 7. The number of ketones is 1. The number of phosphoric ester groups is 3. The van der Waals surface area contributed by atoms with Gasteiger partial charge in [-0.2, -0.15) is 28.3 Å². The molecule has 29 heteroatoms. The molecule has 0 amide bonds. The number of imidazole rings is 1. The Morgan fingerprint density at radius 3 is 2.56 bits per heavy atom. The van der Waals surface area contributed by atoms with E-state index in [1.807, 2.05) is 0 Å². The van der Waals surface area contributed by atoms with Gasteiger partial charge in [-0.25, -0.2) is 19.5 Å². The maximum absolute atomic E-state index is 12.7. The number of ether oxygens (including phenoxy) is 2. The lowest BCUT2D eigenvalue weighted by Crippen LogP contribution is -2.46. The van der Waals surface area contributed by atoms with Crippen LogP contribution in [0.4, 0.5) is 5.82 Å². The van der Waals surface area contributed by atoms with Crippen molar-refractivity contribution in [1.82, 2.24) is 24.5 Å². The molecule has 0 saturated carbocycles. The second-order valence-electron chi connectivity index (χ2n) is 11.9. The lowest BCUT2D eigenvalue weighted by atomic mass is 10.1. The Morgan fingerprint density at radius 1 is 1.13 bits per heavy atom. The zero-order valence-corrected chi connectivity index (χ0v) is 30.5. The number of nitroso groups, excluding NO2 is 1. The molecule has 2 aliphatic rings. The average Bonchev–Trinajstić information content (AvgIpc) is 3.75. The number of nitrogens with two attached hydrogens (primary N) is 1. The Bertz CT molecular complexity index is 1840. The summed E-state index contributed by atoms with van der Waals surface area (Å²) in [5.41, 5.74) is 6.04. The molecule has 0 aliphatic carbocycles. The number of rotatable bonds is 18. The van der Waals surface area contributed by atoms with E-state index in [2.05, 4.69) is 24.5 Å². The van der Waals surface area contributed by atoms with E-state index in [1.54, 1.807) is 0 Å². The van der Waals surface area contributed by atoms with Crippen molar-refractivity contribution in [2.24, 2.45) is 5.29 Å². The lowest BCUT2D eigenvalue weighted by Gasteiger charge is -2.24. The molecule has 2 fully saturated rings. The van der Waals surface area contributed by atoms with E-state index in [-0.39, 0.29) is 41.3 Å². The molecular weight excluding hydrogens is 793 g/mol. The number of anilines is 1. The van der Waals surface area contributed by atoms with E-state index in [0.717, 1.165) is 22.2 Å². The van der Waals surface area contributed by atoms with Crippen molar-refractivity contribution in [3.8, 4) is 0 Å². The van der Waals surface area contributed by atoms with Crippen molar-refractivity contribution in [2.75, 3.05) is 32.5 Å². The monoisotopic (exact) mass is 829 g/mol. The van der Waals surface area contributed by atoms with Gasteiger partial charge in [-0.15, -0.1) is 4.91 Å². The fraction of sp³-hybridized carbons (Fsp3) is 0.560. The normalized spacial score (nSPS) is 28.2. The Labute approximate surface area is 304 Å². The van der Waals surface area contributed by atoms with Crippen molar-refractivity contribution in [3.05, 3.63) is 47.7 Å². The number of phosphoric acid groups is 3. The summed E-state index contributed by atoms with van der Waals surface area (Å²) in [6, 6.07) is 2.96. The molecular formula is C25H36N8O18P3+. The van der Waals surface area contributed by atoms with Gasteiger partial charge in [0.25, 0.3) is 6.23 Å². The van der Waals surface area contributed by atoms with E-state index in [4.69, 9.17) is 28.8 Å². The second kappa shape index (κ2) is 17.1. The zero-order valence-electron chi connectivity index (χ0n) is 27.8. The number of carbonyl (C=O) groups excluding carboxylic acids is 1. The SMILES string of the molecule is CN(CCCC(=O)c1ccc[n+]([C@@H]2O[C@H](COP(=O)(O)O[P+]([O-])(O)OC[C@H]3O[C@@H](n4cnc5c(N)ncnc54)[C@H](O[P+]([O-])(O)O)[C@@H]3O)[C@@H](O)[C@H]2O)c1)N=O. The van der Waals surface area contributed by atoms with Crippen LogP contribution in [0.15, 0.2) is 42.5 Å². The van der Waals surface area contributed by atoms with Gasteiger partial charge in [-0.1, -0.05) is 4.31 Å². The van der Waals surface area contributed by atoms with Crippen molar-refractivity contribution < 1.29 is 86.0 Å². The molecule has 26 nitrogen and oxygen atoms in total. The summed E-state index contributed by atoms with van der Waals surface area (Å²) in [6.07, 6.45) is -7.96. The number of Topliss-reactive ketones (excluding diaryl/α,β-unsaturated/α-hetero) is 1. The van der Waals surface area contributed by atoms with Crippen LogP contribution in [0.5, 0.6) is 0 Å². The first-order valence-electron chi connectivity index (χ1n) is 15.6. The maximum Gasteiger partial charge on any atom is 0.510 e. The molecule has 54 heavy (non-hydrogen) atoms. The van der Waals surface area contributed by atoms with Crippen LogP contribution in [0.3, 0.4) is 0 Å². The Hall–Kier alpha value is -2.94. The van der Waals surface area contributed by atoms with Crippen LogP contribution in [0.25, 0.3) is 11.2 Å². The van der Waals surface area contributed by atoms with Gasteiger partial charge in [0.1, 0.15) is 42.9 Å². The first-order chi connectivity index (χ1) is 25.3. The quantitative estimate of drug-likeness (QED) is 0.0202. The Morgan fingerprint density at radius 2 is 1.85 bits per heavy atom. The molecule has 2 aliphatic heterocycles. The third-order valence-corrected chi connectivity index (χ3v) is 11.2. The summed E-state index contributed by atoms with van der Waals surface area (Å²) < 4.78 is 44.7. The van der Waals surface area contributed by atoms with E-state index in [9.17, 15) is 58.9 Å². The fourth-order valence-electron chi connectivity index (χ4n) is 5.50. The van der Waals surface area contributed by atoms with Crippen LogP contribution in [0, 0.1) is 4.91 Å². The van der Waals surface area contributed by atoms with Crippen LogP contribution >= 0.6 is 24.2 Å². The number of hydrogen-bond donors (Lipinski definition) is 8. The predicted molar refractivity (Wildman–Crippen MR) is 172 cm³/mol. The number of carbonyl (C=O) groups is 1. The summed E-state index contributed by atoms with van der Waals surface area (Å²) in [4.78, 5) is 98.5. The first-order valence-corrected chi connectivity index (χ1v) is 20.1. The number of aromatic nitrogens is 5. The Balaban J connectivity index is 1.17. The van der Waals surface area contributed by atoms with Gasteiger partial charge < -0.3 is 45.2 Å². The second-order valence-corrected chi connectivity index (χ2v) is 16.1. The van der Waals surface area contributed by atoms with Gasteiger partial charge in [-0.05, 0) is 12.5 Å². The van der Waals surface area contributed by atoms with Crippen LogP contribution in [-0.4, -0.2) is 129 Å². The van der Waals surface area contributed by atoms with Gasteiger partial charge in [0.05, 0.1) is 23.8 Å². The molecule has 9 N–H and O–H groups in total. The minimum absolute atomic E-state index is 0.00223. The van der Waals surface area contributed by atoms with E-state index in [1.165, 1.54) is 36.1 Å². The molecule has 0 spiro atoms. The summed E-state index contributed by atoms with van der Waals surface area (Å²) in [7, 11) is -14.9. The molecule has 0 bridgehead atoms. The number of pyridine rings is 1. The highest BCUT2D eigenvalue weighted by Gasteiger charge is 2.53. The van der Waals surface area contributed by atoms with E-state index in [0.29, 0.717) is 6.42 Å². The highest BCUT2D eigenvalue weighted by Crippen LogP contribution is 2.63. The van der Waals surface area contributed by atoms with Crippen molar-refractivity contribution in [2.45, 2.75) is 61.9 Å². The van der Waals surface area contributed by atoms with Gasteiger partial charge in [0.2, 0.25) is 0 Å². The van der Waals surface area contributed by atoms with Gasteiger partial charge in [-0.3, -0.25) is 18.9 Å². The van der Waals surface area contributed by atoms with E-state index >= 15 is 0 Å². The minimum atomic E-state index is -5.55.